The summed E-state index contributed by atoms with van der Waals surface area (Å²) in [4.78, 5) is 2.45. The third kappa shape index (κ3) is 3.91. The lowest BCUT2D eigenvalue weighted by molar-refractivity contribution is 0.320. The van der Waals surface area contributed by atoms with Crippen LogP contribution in [0.25, 0.3) is 0 Å². The first-order valence-corrected chi connectivity index (χ1v) is 5.13. The molecule has 0 spiro atoms. The van der Waals surface area contributed by atoms with Crippen molar-refractivity contribution in [3.63, 3.8) is 0 Å². The molecule has 1 nitrogen and oxygen atoms in total. The van der Waals surface area contributed by atoms with E-state index >= 15 is 0 Å². The van der Waals surface area contributed by atoms with Gasteiger partial charge in [-0.2, -0.15) is 0 Å². The van der Waals surface area contributed by atoms with Crippen molar-refractivity contribution in [2.24, 2.45) is 0 Å². The molecule has 0 saturated heterocycles. The van der Waals surface area contributed by atoms with E-state index in [0.29, 0.717) is 0 Å². The second-order valence-electron chi connectivity index (χ2n) is 3.95. The van der Waals surface area contributed by atoms with Gasteiger partial charge in [-0.3, -0.25) is 0 Å². The highest BCUT2D eigenvalue weighted by Crippen LogP contribution is 2.11. The molecule has 1 rings (SSSR count). The van der Waals surface area contributed by atoms with E-state index in [9.17, 15) is 0 Å². The predicted molar refractivity (Wildman–Crippen MR) is 54.3 cm³/mol. The third-order valence-corrected chi connectivity index (χ3v) is 2.60. The molecule has 0 N–H and O–H groups in total. The molecule has 1 aliphatic heterocycles. The molecule has 70 valence electrons. The molecule has 1 heterocycles. The Labute approximate surface area is 76.5 Å². The van der Waals surface area contributed by atoms with Crippen LogP contribution in [0.5, 0.6) is 0 Å². The lowest BCUT2D eigenvalue weighted by Crippen LogP contribution is -2.21. The molecule has 0 fully saturated rings. The molecule has 0 unspecified atom stereocenters. The Morgan fingerprint density at radius 3 is 2.75 bits per heavy atom. The first kappa shape index (κ1) is 9.79. The molecule has 0 bridgehead atoms. The third-order valence-electron chi connectivity index (χ3n) is 2.60. The van der Waals surface area contributed by atoms with Gasteiger partial charge in [0.1, 0.15) is 0 Å². The summed E-state index contributed by atoms with van der Waals surface area (Å²) < 4.78 is 0. The molecule has 0 amide bonds. The quantitative estimate of drug-likeness (QED) is 0.501. The highest BCUT2D eigenvalue weighted by Gasteiger charge is 2.00. The van der Waals surface area contributed by atoms with Gasteiger partial charge in [0, 0.05) is 0 Å². The van der Waals surface area contributed by atoms with E-state index in [0.717, 1.165) is 0 Å². The Balaban J connectivity index is 2.33. The van der Waals surface area contributed by atoms with Crippen molar-refractivity contribution in [3.8, 4) is 0 Å². The zero-order valence-electron chi connectivity index (χ0n) is 8.47. The van der Waals surface area contributed by atoms with Crippen molar-refractivity contribution in [1.29, 1.82) is 0 Å². The minimum atomic E-state index is 1.27. The minimum Gasteiger partial charge on any atom is -0.306 e. The standard InChI is InChI=1S/C11H21N/c1-11-7-3-5-9-12(2)10-6-4-8-11/h7H,3-6,8-10H2,1-2H3. The zero-order valence-corrected chi connectivity index (χ0v) is 8.47. The van der Waals surface area contributed by atoms with E-state index in [1.165, 1.54) is 45.2 Å². The van der Waals surface area contributed by atoms with E-state index in [2.05, 4.69) is 24.9 Å². The Morgan fingerprint density at radius 1 is 1.17 bits per heavy atom. The fraction of sp³-hybridized carbons (Fsp3) is 0.818. The topological polar surface area (TPSA) is 3.24 Å². The van der Waals surface area contributed by atoms with Gasteiger partial charge in [0.15, 0.2) is 0 Å². The Hall–Kier alpha value is -0.300. The molecule has 0 aromatic heterocycles. The number of nitrogens with zero attached hydrogens (tertiary/aromatic N) is 1. The number of allylic oxidation sites excluding steroid dienone is 2. The monoisotopic (exact) mass is 167 g/mol. The lowest BCUT2D eigenvalue weighted by atomic mass is 10.1. The van der Waals surface area contributed by atoms with E-state index in [-0.39, 0.29) is 0 Å². The van der Waals surface area contributed by atoms with Crippen LogP contribution >= 0.6 is 0 Å². The van der Waals surface area contributed by atoms with Crippen molar-refractivity contribution in [2.75, 3.05) is 20.1 Å². The van der Waals surface area contributed by atoms with Crippen LogP contribution in [0.15, 0.2) is 11.6 Å². The van der Waals surface area contributed by atoms with E-state index < -0.39 is 0 Å². The maximum atomic E-state index is 2.45. The first-order chi connectivity index (χ1) is 5.79. The van der Waals surface area contributed by atoms with Gasteiger partial charge < -0.3 is 4.90 Å². The molecular weight excluding hydrogens is 146 g/mol. The molecular formula is C11H21N. The smallest absolute Gasteiger partial charge is 0.00188 e. The zero-order chi connectivity index (χ0) is 8.81. The summed E-state index contributed by atoms with van der Waals surface area (Å²) in [5.74, 6) is 0. The van der Waals surface area contributed by atoms with Crippen molar-refractivity contribution < 1.29 is 0 Å². The van der Waals surface area contributed by atoms with Gasteiger partial charge in [-0.05, 0) is 59.2 Å². The minimum absolute atomic E-state index is 1.27. The Bertz CT molecular complexity index is 149. The molecule has 0 aromatic rings. The summed E-state index contributed by atoms with van der Waals surface area (Å²) in [6.07, 6.45) is 9.06. The number of hydrogen-bond donors (Lipinski definition) is 0. The van der Waals surface area contributed by atoms with E-state index in [1.807, 2.05) is 0 Å². The van der Waals surface area contributed by atoms with Crippen molar-refractivity contribution in [2.45, 2.75) is 39.0 Å². The highest BCUT2D eigenvalue weighted by molar-refractivity contribution is 4.97. The second kappa shape index (κ2) is 5.36. The molecule has 0 saturated carbocycles. The van der Waals surface area contributed by atoms with Crippen LogP contribution in [0, 0.1) is 0 Å². The molecule has 12 heavy (non-hydrogen) atoms. The summed E-state index contributed by atoms with van der Waals surface area (Å²) in [6.45, 7) is 4.82. The van der Waals surface area contributed by atoms with Crippen molar-refractivity contribution in [3.05, 3.63) is 11.6 Å². The van der Waals surface area contributed by atoms with Crippen LogP contribution in [0.4, 0.5) is 0 Å². The average Bonchev–Trinajstić information content (AvgIpc) is 2.06. The van der Waals surface area contributed by atoms with Gasteiger partial charge in [-0.15, -0.1) is 0 Å². The lowest BCUT2D eigenvalue weighted by Gasteiger charge is -2.17. The molecule has 0 radical (unpaired) electrons. The molecule has 0 aliphatic carbocycles. The Morgan fingerprint density at radius 2 is 1.92 bits per heavy atom. The van der Waals surface area contributed by atoms with Gasteiger partial charge in [-0.1, -0.05) is 11.6 Å². The summed E-state index contributed by atoms with van der Waals surface area (Å²) >= 11 is 0. The fourth-order valence-electron chi connectivity index (χ4n) is 1.71. The van der Waals surface area contributed by atoms with E-state index in [1.54, 1.807) is 5.57 Å². The molecule has 1 aliphatic rings. The maximum absolute atomic E-state index is 2.45. The molecule has 0 aromatic carbocycles. The summed E-state index contributed by atoms with van der Waals surface area (Å²) in [5.41, 5.74) is 1.60. The van der Waals surface area contributed by atoms with Gasteiger partial charge in [0.05, 0.1) is 0 Å². The van der Waals surface area contributed by atoms with Crippen LogP contribution in [0.3, 0.4) is 0 Å². The van der Waals surface area contributed by atoms with Crippen LogP contribution in [-0.2, 0) is 0 Å². The van der Waals surface area contributed by atoms with Gasteiger partial charge in [0.2, 0.25) is 0 Å². The predicted octanol–water partition coefficient (Wildman–Crippen LogP) is 2.83. The maximum Gasteiger partial charge on any atom is -0.00188 e. The van der Waals surface area contributed by atoms with E-state index in [4.69, 9.17) is 0 Å². The molecule has 1 heteroatoms. The van der Waals surface area contributed by atoms with Gasteiger partial charge >= 0.3 is 0 Å². The molecule has 0 atom stereocenters. The van der Waals surface area contributed by atoms with Crippen LogP contribution < -0.4 is 0 Å². The fourth-order valence-corrected chi connectivity index (χ4v) is 1.71. The van der Waals surface area contributed by atoms with Crippen LogP contribution in [0.1, 0.15) is 39.0 Å². The van der Waals surface area contributed by atoms with Gasteiger partial charge in [0.25, 0.3) is 0 Å². The highest BCUT2D eigenvalue weighted by atomic mass is 15.1. The normalized spacial score (nSPS) is 23.3. The van der Waals surface area contributed by atoms with Crippen molar-refractivity contribution >= 4 is 0 Å². The summed E-state index contributed by atoms with van der Waals surface area (Å²) in [7, 11) is 2.23. The van der Waals surface area contributed by atoms with Gasteiger partial charge in [-0.25, -0.2) is 0 Å². The average molecular weight is 167 g/mol. The number of hydrogen-bond acceptors (Lipinski definition) is 1. The van der Waals surface area contributed by atoms with Crippen LogP contribution in [0.2, 0.25) is 0 Å². The first-order valence-electron chi connectivity index (χ1n) is 5.13. The summed E-state index contributed by atoms with van der Waals surface area (Å²) in [5, 5.41) is 0. The largest absolute Gasteiger partial charge is 0.306 e. The number of rotatable bonds is 0. The Kier molecular flexibility index (Phi) is 4.37. The summed E-state index contributed by atoms with van der Waals surface area (Å²) in [6, 6.07) is 0. The SMILES string of the molecule is CC1=CCCCN(C)CCCC1. The van der Waals surface area contributed by atoms with Crippen LogP contribution in [-0.4, -0.2) is 25.0 Å². The second-order valence-corrected chi connectivity index (χ2v) is 3.95. The van der Waals surface area contributed by atoms with Crippen molar-refractivity contribution in [1.82, 2.24) is 4.90 Å².